The van der Waals surface area contributed by atoms with Gasteiger partial charge in [-0.1, -0.05) is 13.8 Å². The molecule has 110 valence electrons. The molecule has 0 unspecified atom stereocenters. The maximum atomic E-state index is 12.1. The average Bonchev–Trinajstić information content (AvgIpc) is 3.06. The second kappa shape index (κ2) is 5.24. The smallest absolute Gasteiger partial charge is 0.225 e. The molecule has 0 radical (unpaired) electrons. The van der Waals surface area contributed by atoms with Gasteiger partial charge in [-0.2, -0.15) is 5.10 Å². The SMILES string of the molecule is COc1ccc(-c2n[nH]c3c2CN(C(=O)C(C)C)C3)cc1. The van der Waals surface area contributed by atoms with Crippen LogP contribution in [0.1, 0.15) is 25.1 Å². The van der Waals surface area contributed by atoms with Crippen molar-refractivity contribution >= 4 is 5.91 Å². The molecule has 0 bridgehead atoms. The Hall–Kier alpha value is -2.30. The molecule has 1 aliphatic rings. The molecule has 0 spiro atoms. The van der Waals surface area contributed by atoms with E-state index < -0.39 is 0 Å². The zero-order valence-electron chi connectivity index (χ0n) is 12.5. The summed E-state index contributed by atoms with van der Waals surface area (Å²) in [4.78, 5) is 14.0. The number of carbonyl (C=O) groups excluding carboxylic acids is 1. The molecule has 21 heavy (non-hydrogen) atoms. The van der Waals surface area contributed by atoms with E-state index in [1.165, 1.54) is 0 Å². The summed E-state index contributed by atoms with van der Waals surface area (Å²) < 4.78 is 5.17. The number of aromatic nitrogens is 2. The van der Waals surface area contributed by atoms with Crippen molar-refractivity contribution in [2.75, 3.05) is 7.11 Å². The number of methoxy groups -OCH3 is 1. The normalized spacial score (nSPS) is 13.6. The minimum atomic E-state index is 0.0198. The van der Waals surface area contributed by atoms with Crippen LogP contribution in [0.15, 0.2) is 24.3 Å². The summed E-state index contributed by atoms with van der Waals surface area (Å²) in [6, 6.07) is 7.81. The number of aromatic amines is 1. The molecule has 2 aromatic rings. The van der Waals surface area contributed by atoms with Crippen molar-refractivity contribution in [2.45, 2.75) is 26.9 Å². The number of carbonyl (C=O) groups is 1. The number of benzene rings is 1. The number of rotatable bonds is 3. The lowest BCUT2D eigenvalue weighted by Gasteiger charge is -2.18. The van der Waals surface area contributed by atoms with Gasteiger partial charge in [0.15, 0.2) is 0 Å². The van der Waals surface area contributed by atoms with Gasteiger partial charge in [-0.3, -0.25) is 9.89 Å². The topological polar surface area (TPSA) is 58.2 Å². The van der Waals surface area contributed by atoms with Crippen LogP contribution in [0, 0.1) is 5.92 Å². The second-order valence-electron chi connectivity index (χ2n) is 5.61. The Morgan fingerprint density at radius 1 is 1.29 bits per heavy atom. The van der Waals surface area contributed by atoms with Gasteiger partial charge in [0, 0.05) is 17.0 Å². The Morgan fingerprint density at radius 2 is 2.00 bits per heavy atom. The fourth-order valence-electron chi connectivity index (χ4n) is 2.65. The second-order valence-corrected chi connectivity index (χ2v) is 5.61. The fourth-order valence-corrected chi connectivity index (χ4v) is 2.65. The summed E-state index contributed by atoms with van der Waals surface area (Å²) >= 11 is 0. The maximum absolute atomic E-state index is 12.1. The van der Waals surface area contributed by atoms with Gasteiger partial charge in [0.1, 0.15) is 5.75 Å². The molecule has 1 aromatic carbocycles. The van der Waals surface area contributed by atoms with Crippen LogP contribution in [0.5, 0.6) is 5.75 Å². The first kappa shape index (κ1) is 13.7. The molecule has 1 N–H and O–H groups in total. The summed E-state index contributed by atoms with van der Waals surface area (Å²) in [5.74, 6) is 1.02. The van der Waals surface area contributed by atoms with Gasteiger partial charge >= 0.3 is 0 Å². The molecule has 1 aliphatic heterocycles. The van der Waals surface area contributed by atoms with E-state index in [4.69, 9.17) is 4.74 Å². The van der Waals surface area contributed by atoms with E-state index in [1.54, 1.807) is 7.11 Å². The van der Waals surface area contributed by atoms with Crippen LogP contribution >= 0.6 is 0 Å². The number of ether oxygens (including phenoxy) is 1. The molecule has 0 aliphatic carbocycles. The van der Waals surface area contributed by atoms with Crippen LogP contribution in [-0.4, -0.2) is 28.1 Å². The molecular formula is C16H19N3O2. The van der Waals surface area contributed by atoms with E-state index >= 15 is 0 Å². The van der Waals surface area contributed by atoms with Crippen molar-refractivity contribution in [1.82, 2.24) is 15.1 Å². The lowest BCUT2D eigenvalue weighted by atomic mass is 10.1. The van der Waals surface area contributed by atoms with Crippen molar-refractivity contribution in [3.8, 4) is 17.0 Å². The predicted octanol–water partition coefficient (Wildman–Crippen LogP) is 2.58. The minimum Gasteiger partial charge on any atom is -0.497 e. The summed E-state index contributed by atoms with van der Waals surface area (Å²) in [5, 5.41) is 7.46. The Labute approximate surface area is 123 Å². The van der Waals surface area contributed by atoms with Crippen LogP contribution in [-0.2, 0) is 17.9 Å². The van der Waals surface area contributed by atoms with E-state index in [0.29, 0.717) is 13.1 Å². The fraction of sp³-hybridized carbons (Fsp3) is 0.375. The van der Waals surface area contributed by atoms with Crippen molar-refractivity contribution < 1.29 is 9.53 Å². The van der Waals surface area contributed by atoms with Crippen LogP contribution < -0.4 is 4.74 Å². The molecule has 0 saturated carbocycles. The quantitative estimate of drug-likeness (QED) is 0.943. The molecule has 5 nitrogen and oxygen atoms in total. The van der Waals surface area contributed by atoms with E-state index in [-0.39, 0.29) is 11.8 Å². The first-order chi connectivity index (χ1) is 10.1. The number of hydrogen-bond donors (Lipinski definition) is 1. The number of nitrogens with zero attached hydrogens (tertiary/aromatic N) is 2. The van der Waals surface area contributed by atoms with Gasteiger partial charge in [-0.15, -0.1) is 0 Å². The van der Waals surface area contributed by atoms with Crippen molar-refractivity contribution in [1.29, 1.82) is 0 Å². The van der Waals surface area contributed by atoms with E-state index in [9.17, 15) is 4.79 Å². The molecule has 3 rings (SSSR count). The van der Waals surface area contributed by atoms with Crippen molar-refractivity contribution in [3.63, 3.8) is 0 Å². The van der Waals surface area contributed by atoms with E-state index in [0.717, 1.165) is 28.3 Å². The largest absolute Gasteiger partial charge is 0.497 e. The summed E-state index contributed by atoms with van der Waals surface area (Å²) in [6.45, 7) is 5.11. The molecule has 0 saturated heterocycles. The molecule has 1 amide bonds. The summed E-state index contributed by atoms with van der Waals surface area (Å²) in [7, 11) is 1.65. The lowest BCUT2D eigenvalue weighted by Crippen LogP contribution is -2.29. The summed E-state index contributed by atoms with van der Waals surface area (Å²) in [6.07, 6.45) is 0. The maximum Gasteiger partial charge on any atom is 0.225 e. The van der Waals surface area contributed by atoms with Crippen LogP contribution in [0.2, 0.25) is 0 Å². The highest BCUT2D eigenvalue weighted by Gasteiger charge is 2.29. The highest BCUT2D eigenvalue weighted by Crippen LogP contribution is 2.32. The Morgan fingerprint density at radius 3 is 2.62 bits per heavy atom. The molecule has 1 aromatic heterocycles. The van der Waals surface area contributed by atoms with Gasteiger partial charge in [-0.05, 0) is 24.3 Å². The third-order valence-electron chi connectivity index (χ3n) is 3.82. The van der Waals surface area contributed by atoms with Crippen LogP contribution in [0.4, 0.5) is 0 Å². The van der Waals surface area contributed by atoms with Gasteiger partial charge in [-0.25, -0.2) is 0 Å². The lowest BCUT2D eigenvalue weighted by molar-refractivity contribution is -0.135. The number of hydrogen-bond acceptors (Lipinski definition) is 3. The van der Waals surface area contributed by atoms with Gasteiger partial charge < -0.3 is 9.64 Å². The van der Waals surface area contributed by atoms with E-state index in [2.05, 4.69) is 10.2 Å². The van der Waals surface area contributed by atoms with Gasteiger partial charge in [0.2, 0.25) is 5.91 Å². The Kier molecular flexibility index (Phi) is 3.41. The number of H-pyrrole nitrogens is 1. The number of fused-ring (bicyclic) bond motifs is 1. The standard InChI is InChI=1S/C16H19N3O2/c1-10(2)16(20)19-8-13-14(9-19)17-18-15(13)11-4-6-12(21-3)7-5-11/h4-7,10H,8-9H2,1-3H3,(H,17,18). The molecular weight excluding hydrogens is 266 g/mol. The van der Waals surface area contributed by atoms with Crippen molar-refractivity contribution in [2.24, 2.45) is 5.92 Å². The zero-order valence-corrected chi connectivity index (χ0v) is 12.5. The van der Waals surface area contributed by atoms with Crippen LogP contribution in [0.3, 0.4) is 0 Å². The molecule has 5 heteroatoms. The molecule has 2 heterocycles. The van der Waals surface area contributed by atoms with Crippen LogP contribution in [0.25, 0.3) is 11.3 Å². The average molecular weight is 285 g/mol. The first-order valence-electron chi connectivity index (χ1n) is 7.09. The Bertz CT molecular complexity index is 659. The highest BCUT2D eigenvalue weighted by molar-refractivity contribution is 5.79. The molecule has 0 atom stereocenters. The van der Waals surface area contributed by atoms with E-state index in [1.807, 2.05) is 43.0 Å². The number of amides is 1. The Balaban J connectivity index is 1.87. The van der Waals surface area contributed by atoms with Crippen molar-refractivity contribution in [3.05, 3.63) is 35.5 Å². The highest BCUT2D eigenvalue weighted by atomic mass is 16.5. The third-order valence-corrected chi connectivity index (χ3v) is 3.82. The first-order valence-corrected chi connectivity index (χ1v) is 7.09. The predicted molar refractivity (Wildman–Crippen MR) is 79.7 cm³/mol. The zero-order chi connectivity index (χ0) is 15.0. The minimum absolute atomic E-state index is 0.0198. The summed E-state index contributed by atoms with van der Waals surface area (Å²) in [5.41, 5.74) is 4.11. The third kappa shape index (κ3) is 2.39. The number of nitrogens with one attached hydrogen (secondary N) is 1. The van der Waals surface area contributed by atoms with Gasteiger partial charge in [0.05, 0.1) is 31.6 Å². The monoisotopic (exact) mass is 285 g/mol. The van der Waals surface area contributed by atoms with Gasteiger partial charge in [0.25, 0.3) is 0 Å². The molecule has 0 fully saturated rings.